The predicted octanol–water partition coefficient (Wildman–Crippen LogP) is 0.242. The molecule has 12 heavy (non-hydrogen) atoms. The zero-order chi connectivity index (χ0) is 9.23. The molecule has 0 saturated heterocycles. The zero-order valence-electron chi connectivity index (χ0n) is 7.00. The molecule has 0 fully saturated rings. The Morgan fingerprint density at radius 1 is 1.75 bits per heavy atom. The molecule has 0 unspecified atom stereocenters. The van der Waals surface area contributed by atoms with Gasteiger partial charge in [0.1, 0.15) is 0 Å². The molecule has 0 aliphatic rings. The minimum Gasteiger partial charge on any atom is -0.383 e. The van der Waals surface area contributed by atoms with Crippen molar-refractivity contribution in [1.82, 2.24) is 5.32 Å². The lowest BCUT2D eigenvalue weighted by molar-refractivity contribution is -0.121. The lowest BCUT2D eigenvalue weighted by Gasteiger charge is -2.01. The number of carbonyl (C=O) groups excluding carboxylic acids is 1. The highest BCUT2D eigenvalue weighted by Gasteiger charge is 1.97. The highest BCUT2D eigenvalue weighted by atomic mass is 32.1. The van der Waals surface area contributed by atoms with Crippen LogP contribution in [0.4, 0.5) is 0 Å². The van der Waals surface area contributed by atoms with E-state index in [9.17, 15) is 4.79 Å². The standard InChI is InChI=1S/C7H12N2O2S/c1-11-5-4-9-7(10)2-3-8-6-12/h2-5H2,1H3,(H,9,10). The van der Waals surface area contributed by atoms with E-state index < -0.39 is 0 Å². The average Bonchev–Trinajstić information content (AvgIpc) is 2.06. The Morgan fingerprint density at radius 3 is 3.08 bits per heavy atom. The molecule has 0 atom stereocenters. The number of nitrogens with one attached hydrogen (secondary N) is 1. The lowest BCUT2D eigenvalue weighted by Crippen LogP contribution is -2.27. The van der Waals surface area contributed by atoms with Gasteiger partial charge < -0.3 is 10.1 Å². The van der Waals surface area contributed by atoms with Crippen LogP contribution in [0.5, 0.6) is 0 Å². The first-order chi connectivity index (χ1) is 5.81. The summed E-state index contributed by atoms with van der Waals surface area (Å²) in [6, 6.07) is 0. The third-order valence-electron chi connectivity index (χ3n) is 1.14. The summed E-state index contributed by atoms with van der Waals surface area (Å²) in [5.41, 5.74) is 0. The largest absolute Gasteiger partial charge is 0.383 e. The number of hydrogen-bond acceptors (Lipinski definition) is 4. The molecule has 0 aliphatic heterocycles. The highest BCUT2D eigenvalue weighted by Crippen LogP contribution is 1.80. The van der Waals surface area contributed by atoms with Gasteiger partial charge in [0.15, 0.2) is 0 Å². The number of carbonyl (C=O) groups is 1. The number of hydrogen-bond donors (Lipinski definition) is 1. The van der Waals surface area contributed by atoms with Crippen molar-refractivity contribution in [3.8, 4) is 0 Å². The van der Waals surface area contributed by atoms with Crippen LogP contribution < -0.4 is 5.32 Å². The van der Waals surface area contributed by atoms with Crippen molar-refractivity contribution in [3.05, 3.63) is 0 Å². The molecule has 68 valence electrons. The first-order valence-corrected chi connectivity index (χ1v) is 4.01. The van der Waals surface area contributed by atoms with Crippen molar-refractivity contribution in [2.45, 2.75) is 6.42 Å². The Bertz CT molecular complexity index is 178. The smallest absolute Gasteiger partial charge is 0.221 e. The van der Waals surface area contributed by atoms with E-state index >= 15 is 0 Å². The van der Waals surface area contributed by atoms with E-state index in [1.54, 1.807) is 7.11 Å². The number of amides is 1. The number of ether oxygens (including phenoxy) is 1. The van der Waals surface area contributed by atoms with Crippen LogP contribution in [0.2, 0.25) is 0 Å². The van der Waals surface area contributed by atoms with Gasteiger partial charge in [-0.2, -0.15) is 0 Å². The van der Waals surface area contributed by atoms with Crippen LogP contribution in [0.3, 0.4) is 0 Å². The van der Waals surface area contributed by atoms with Gasteiger partial charge in [0.25, 0.3) is 0 Å². The Kier molecular flexibility index (Phi) is 7.79. The topological polar surface area (TPSA) is 50.7 Å². The van der Waals surface area contributed by atoms with Crippen molar-refractivity contribution >= 4 is 23.3 Å². The number of thiocarbonyl (C=S) groups is 1. The summed E-state index contributed by atoms with van der Waals surface area (Å²) in [6.45, 7) is 1.47. The molecule has 0 rings (SSSR count). The van der Waals surface area contributed by atoms with Crippen LogP contribution in [-0.4, -0.2) is 37.9 Å². The zero-order valence-corrected chi connectivity index (χ0v) is 7.82. The van der Waals surface area contributed by atoms with Gasteiger partial charge in [-0.25, -0.2) is 4.99 Å². The second kappa shape index (κ2) is 8.33. The van der Waals surface area contributed by atoms with E-state index in [1.165, 1.54) is 0 Å². The Morgan fingerprint density at radius 2 is 2.50 bits per heavy atom. The molecule has 0 aromatic carbocycles. The molecule has 0 radical (unpaired) electrons. The van der Waals surface area contributed by atoms with Crippen molar-refractivity contribution in [2.24, 2.45) is 4.99 Å². The molecule has 0 aromatic heterocycles. The van der Waals surface area contributed by atoms with E-state index in [0.29, 0.717) is 26.1 Å². The van der Waals surface area contributed by atoms with Crippen molar-refractivity contribution < 1.29 is 9.53 Å². The predicted molar refractivity (Wildman–Crippen MR) is 49.4 cm³/mol. The van der Waals surface area contributed by atoms with Gasteiger partial charge >= 0.3 is 0 Å². The van der Waals surface area contributed by atoms with E-state index in [0.717, 1.165) is 0 Å². The normalized spacial score (nSPS) is 8.75. The van der Waals surface area contributed by atoms with Gasteiger partial charge in [-0.05, 0) is 12.2 Å². The van der Waals surface area contributed by atoms with E-state index in [2.05, 4.69) is 27.7 Å². The summed E-state index contributed by atoms with van der Waals surface area (Å²) in [5.74, 6) is -0.0407. The number of aliphatic imine (C=N–C) groups is 1. The van der Waals surface area contributed by atoms with Gasteiger partial charge in [0.05, 0.1) is 18.3 Å². The quantitative estimate of drug-likeness (QED) is 0.369. The second-order valence-electron chi connectivity index (χ2n) is 2.07. The molecule has 0 aromatic rings. The minimum absolute atomic E-state index is 0.0407. The molecule has 1 N–H and O–H groups in total. The third kappa shape index (κ3) is 7.34. The van der Waals surface area contributed by atoms with Crippen molar-refractivity contribution in [1.29, 1.82) is 0 Å². The molecule has 1 amide bonds. The van der Waals surface area contributed by atoms with Gasteiger partial charge in [0, 0.05) is 20.1 Å². The maximum absolute atomic E-state index is 10.9. The second-order valence-corrected chi connectivity index (χ2v) is 2.25. The first kappa shape index (κ1) is 11.2. The summed E-state index contributed by atoms with van der Waals surface area (Å²) in [4.78, 5) is 14.5. The summed E-state index contributed by atoms with van der Waals surface area (Å²) in [5, 5.41) is 4.85. The van der Waals surface area contributed by atoms with Gasteiger partial charge in [-0.1, -0.05) is 0 Å². The molecular formula is C7H12N2O2S. The van der Waals surface area contributed by atoms with Crippen LogP contribution in [-0.2, 0) is 9.53 Å². The molecule has 0 spiro atoms. The Labute approximate surface area is 77.0 Å². The fraction of sp³-hybridized carbons (Fsp3) is 0.714. The maximum atomic E-state index is 10.9. The Balaban J connectivity index is 3.27. The number of rotatable bonds is 6. The summed E-state index contributed by atoms with van der Waals surface area (Å²) in [6.07, 6.45) is 0.355. The van der Waals surface area contributed by atoms with Crippen molar-refractivity contribution in [2.75, 3.05) is 26.8 Å². The molecule has 0 heterocycles. The van der Waals surface area contributed by atoms with Gasteiger partial charge in [-0.15, -0.1) is 0 Å². The minimum atomic E-state index is -0.0407. The molecule has 0 aliphatic carbocycles. The number of nitrogens with zero attached hydrogens (tertiary/aromatic N) is 1. The third-order valence-corrected chi connectivity index (χ3v) is 1.27. The fourth-order valence-corrected chi connectivity index (χ4v) is 0.675. The van der Waals surface area contributed by atoms with Crippen molar-refractivity contribution in [3.63, 3.8) is 0 Å². The van der Waals surface area contributed by atoms with Crippen LogP contribution in [0.1, 0.15) is 6.42 Å². The van der Waals surface area contributed by atoms with Crippen LogP contribution in [0.15, 0.2) is 4.99 Å². The van der Waals surface area contributed by atoms with Gasteiger partial charge in [0.2, 0.25) is 5.91 Å². The van der Waals surface area contributed by atoms with E-state index in [4.69, 9.17) is 4.74 Å². The molecule has 0 bridgehead atoms. The van der Waals surface area contributed by atoms with Gasteiger partial charge in [-0.3, -0.25) is 4.79 Å². The van der Waals surface area contributed by atoms with Crippen LogP contribution in [0, 0.1) is 0 Å². The number of methoxy groups -OCH3 is 1. The SMILES string of the molecule is COCCNC(=O)CCN=C=S. The maximum Gasteiger partial charge on any atom is 0.221 e. The van der Waals surface area contributed by atoms with E-state index in [-0.39, 0.29) is 5.91 Å². The molecule has 4 nitrogen and oxygen atoms in total. The lowest BCUT2D eigenvalue weighted by atomic mass is 10.4. The highest BCUT2D eigenvalue weighted by molar-refractivity contribution is 7.78. The van der Waals surface area contributed by atoms with Crippen LogP contribution >= 0.6 is 12.2 Å². The average molecular weight is 188 g/mol. The number of isothiocyanates is 1. The summed E-state index contributed by atoms with van der Waals surface area (Å²) >= 11 is 4.34. The molecule has 5 heteroatoms. The van der Waals surface area contributed by atoms with E-state index in [1.807, 2.05) is 0 Å². The Hall–Kier alpha value is -0.770. The monoisotopic (exact) mass is 188 g/mol. The molecule has 0 saturated carbocycles. The summed E-state index contributed by atoms with van der Waals surface area (Å²) < 4.78 is 4.75. The molecular weight excluding hydrogens is 176 g/mol. The summed E-state index contributed by atoms with van der Waals surface area (Å²) in [7, 11) is 1.59. The first-order valence-electron chi connectivity index (χ1n) is 3.60. The fourth-order valence-electron chi connectivity index (χ4n) is 0.584. The van der Waals surface area contributed by atoms with Crippen LogP contribution in [0.25, 0.3) is 0 Å².